The number of hydrogen-bond acceptors (Lipinski definition) is 5. The summed E-state index contributed by atoms with van der Waals surface area (Å²) < 4.78 is 23.1. The van der Waals surface area contributed by atoms with Crippen molar-refractivity contribution in [1.82, 2.24) is 15.3 Å². The highest BCUT2D eigenvalue weighted by Crippen LogP contribution is 2.18. The van der Waals surface area contributed by atoms with Gasteiger partial charge in [0.15, 0.2) is 9.84 Å². The SMILES string of the molecule is O=S1(=O)CCCC1CNCc1cnccn1. The summed E-state index contributed by atoms with van der Waals surface area (Å²) in [5.74, 6) is 0.338. The zero-order valence-electron chi connectivity index (χ0n) is 8.96. The monoisotopic (exact) mass is 241 g/mol. The van der Waals surface area contributed by atoms with E-state index >= 15 is 0 Å². The Hall–Kier alpha value is -1.01. The minimum Gasteiger partial charge on any atom is -0.310 e. The molecule has 1 atom stereocenters. The molecule has 88 valence electrons. The summed E-state index contributed by atoms with van der Waals surface area (Å²) in [6.07, 6.45) is 6.49. The van der Waals surface area contributed by atoms with Crippen LogP contribution in [0.4, 0.5) is 0 Å². The molecule has 0 amide bonds. The number of nitrogens with zero attached hydrogens (tertiary/aromatic N) is 2. The molecular formula is C10H15N3O2S. The van der Waals surface area contributed by atoms with Crippen LogP contribution in [-0.4, -0.2) is 35.9 Å². The van der Waals surface area contributed by atoms with Crippen LogP contribution >= 0.6 is 0 Å². The van der Waals surface area contributed by atoms with Crippen molar-refractivity contribution in [3.63, 3.8) is 0 Å². The highest BCUT2D eigenvalue weighted by molar-refractivity contribution is 7.92. The van der Waals surface area contributed by atoms with E-state index in [9.17, 15) is 8.42 Å². The highest BCUT2D eigenvalue weighted by Gasteiger charge is 2.30. The molecule has 1 unspecified atom stereocenters. The molecule has 6 heteroatoms. The van der Waals surface area contributed by atoms with Gasteiger partial charge in [0.1, 0.15) is 0 Å². The molecule has 1 aliphatic rings. The van der Waals surface area contributed by atoms with Crippen LogP contribution in [0.3, 0.4) is 0 Å². The predicted octanol–water partition coefficient (Wildman–Crippen LogP) is 0.143. The van der Waals surface area contributed by atoms with Crippen LogP contribution in [0.2, 0.25) is 0 Å². The Kier molecular flexibility index (Phi) is 3.50. The van der Waals surface area contributed by atoms with Gasteiger partial charge >= 0.3 is 0 Å². The summed E-state index contributed by atoms with van der Waals surface area (Å²) in [7, 11) is -2.84. The van der Waals surface area contributed by atoms with Crippen LogP contribution in [0.15, 0.2) is 18.6 Å². The molecule has 16 heavy (non-hydrogen) atoms. The van der Waals surface area contributed by atoms with Gasteiger partial charge in [-0.25, -0.2) is 8.42 Å². The maximum atomic E-state index is 11.5. The first-order valence-electron chi connectivity index (χ1n) is 5.36. The Morgan fingerprint density at radius 2 is 2.31 bits per heavy atom. The first-order valence-corrected chi connectivity index (χ1v) is 7.07. The fourth-order valence-electron chi connectivity index (χ4n) is 1.87. The lowest BCUT2D eigenvalue weighted by atomic mass is 10.2. The predicted molar refractivity (Wildman–Crippen MR) is 60.5 cm³/mol. The van der Waals surface area contributed by atoms with E-state index in [0.717, 1.165) is 18.5 Å². The normalized spacial score (nSPS) is 23.4. The molecule has 0 bridgehead atoms. The summed E-state index contributed by atoms with van der Waals surface area (Å²) in [5.41, 5.74) is 0.831. The number of rotatable bonds is 4. The van der Waals surface area contributed by atoms with Gasteiger partial charge in [-0.1, -0.05) is 0 Å². The molecule has 0 aliphatic carbocycles. The van der Waals surface area contributed by atoms with Gasteiger partial charge in [-0.05, 0) is 12.8 Å². The summed E-state index contributed by atoms with van der Waals surface area (Å²) in [6, 6.07) is 0. The van der Waals surface area contributed by atoms with Gasteiger partial charge < -0.3 is 5.32 Å². The van der Waals surface area contributed by atoms with Crippen molar-refractivity contribution < 1.29 is 8.42 Å². The molecule has 2 rings (SSSR count). The Morgan fingerprint density at radius 1 is 1.44 bits per heavy atom. The zero-order chi connectivity index (χ0) is 11.4. The van der Waals surface area contributed by atoms with Crippen molar-refractivity contribution in [2.24, 2.45) is 0 Å². The second-order valence-electron chi connectivity index (χ2n) is 3.96. The van der Waals surface area contributed by atoms with Crippen LogP contribution in [0.25, 0.3) is 0 Å². The van der Waals surface area contributed by atoms with E-state index in [2.05, 4.69) is 15.3 Å². The minimum absolute atomic E-state index is 0.218. The Bertz CT molecular complexity index is 433. The minimum atomic E-state index is -2.84. The van der Waals surface area contributed by atoms with E-state index in [0.29, 0.717) is 18.8 Å². The summed E-state index contributed by atoms with van der Waals surface area (Å²) >= 11 is 0. The molecule has 1 aromatic heterocycles. The van der Waals surface area contributed by atoms with Gasteiger partial charge in [0.2, 0.25) is 0 Å². The first kappa shape index (κ1) is 11.5. The van der Waals surface area contributed by atoms with E-state index in [1.807, 2.05) is 0 Å². The van der Waals surface area contributed by atoms with Crippen molar-refractivity contribution in [3.05, 3.63) is 24.3 Å². The van der Waals surface area contributed by atoms with Crippen LogP contribution in [-0.2, 0) is 16.4 Å². The van der Waals surface area contributed by atoms with Gasteiger partial charge in [-0.15, -0.1) is 0 Å². The molecule has 0 aromatic carbocycles. The van der Waals surface area contributed by atoms with Crippen molar-refractivity contribution in [3.8, 4) is 0 Å². The smallest absolute Gasteiger partial charge is 0.154 e. The molecule has 0 spiro atoms. The van der Waals surface area contributed by atoms with Crippen LogP contribution in [0.1, 0.15) is 18.5 Å². The third-order valence-corrected chi connectivity index (χ3v) is 5.03. The van der Waals surface area contributed by atoms with E-state index in [4.69, 9.17) is 0 Å². The molecule has 1 aliphatic heterocycles. The fourth-order valence-corrected chi connectivity index (χ4v) is 3.67. The van der Waals surface area contributed by atoms with Crippen LogP contribution in [0, 0.1) is 0 Å². The second kappa shape index (κ2) is 4.88. The van der Waals surface area contributed by atoms with Crippen molar-refractivity contribution in [2.45, 2.75) is 24.6 Å². The number of sulfone groups is 1. The Labute approximate surface area is 95.2 Å². The molecule has 1 N–H and O–H groups in total. The van der Waals surface area contributed by atoms with Gasteiger partial charge in [-0.2, -0.15) is 0 Å². The lowest BCUT2D eigenvalue weighted by Crippen LogP contribution is -2.30. The number of nitrogens with one attached hydrogen (secondary N) is 1. The van der Waals surface area contributed by atoms with Crippen molar-refractivity contribution >= 4 is 9.84 Å². The molecule has 1 aromatic rings. The summed E-state index contributed by atoms with van der Waals surface area (Å²) in [4.78, 5) is 8.05. The third-order valence-electron chi connectivity index (χ3n) is 2.76. The maximum Gasteiger partial charge on any atom is 0.154 e. The van der Waals surface area contributed by atoms with Gasteiger partial charge in [0.05, 0.1) is 16.7 Å². The Balaban J connectivity index is 1.81. The molecule has 2 heterocycles. The number of hydrogen-bond donors (Lipinski definition) is 1. The maximum absolute atomic E-state index is 11.5. The van der Waals surface area contributed by atoms with Gasteiger partial charge in [-0.3, -0.25) is 9.97 Å². The summed E-state index contributed by atoms with van der Waals surface area (Å²) in [5, 5.41) is 2.90. The average Bonchev–Trinajstić information content (AvgIpc) is 2.60. The Morgan fingerprint density at radius 3 is 2.94 bits per heavy atom. The highest BCUT2D eigenvalue weighted by atomic mass is 32.2. The molecule has 0 radical (unpaired) electrons. The topological polar surface area (TPSA) is 72.0 Å². The molecule has 5 nitrogen and oxygen atoms in total. The standard InChI is InChI=1S/C10H15N3O2S/c14-16(15)5-1-2-10(16)8-12-7-9-6-11-3-4-13-9/h3-4,6,10,12H,1-2,5,7-8H2. The third kappa shape index (κ3) is 2.76. The van der Waals surface area contributed by atoms with Crippen LogP contribution in [0.5, 0.6) is 0 Å². The quantitative estimate of drug-likeness (QED) is 0.812. The fraction of sp³-hybridized carbons (Fsp3) is 0.600. The van der Waals surface area contributed by atoms with Gasteiger partial charge in [0.25, 0.3) is 0 Å². The summed E-state index contributed by atoms with van der Waals surface area (Å²) in [6.45, 7) is 1.08. The van der Waals surface area contributed by atoms with E-state index in [1.165, 1.54) is 0 Å². The van der Waals surface area contributed by atoms with Gasteiger partial charge in [0, 0.05) is 31.7 Å². The molecule has 0 saturated carbocycles. The first-order chi connectivity index (χ1) is 7.68. The second-order valence-corrected chi connectivity index (χ2v) is 6.36. The van der Waals surface area contributed by atoms with E-state index in [1.54, 1.807) is 18.6 Å². The average molecular weight is 241 g/mol. The van der Waals surface area contributed by atoms with Crippen LogP contribution < -0.4 is 5.32 Å². The van der Waals surface area contributed by atoms with Crippen molar-refractivity contribution in [2.75, 3.05) is 12.3 Å². The zero-order valence-corrected chi connectivity index (χ0v) is 9.78. The lowest BCUT2D eigenvalue weighted by Gasteiger charge is -2.09. The van der Waals surface area contributed by atoms with E-state index in [-0.39, 0.29) is 5.25 Å². The molecule has 1 fully saturated rings. The molecule has 1 saturated heterocycles. The number of aromatic nitrogens is 2. The van der Waals surface area contributed by atoms with Crippen molar-refractivity contribution in [1.29, 1.82) is 0 Å². The lowest BCUT2D eigenvalue weighted by molar-refractivity contribution is 0.572. The van der Waals surface area contributed by atoms with E-state index < -0.39 is 9.84 Å². The molecular weight excluding hydrogens is 226 g/mol. The largest absolute Gasteiger partial charge is 0.310 e.